The first kappa shape index (κ1) is 10.5. The molecule has 0 fully saturated rings. The number of urea groups is 1. The van der Waals surface area contributed by atoms with Crippen molar-refractivity contribution in [2.24, 2.45) is 5.84 Å². The van der Waals surface area contributed by atoms with Crippen molar-refractivity contribution in [2.45, 2.75) is 19.9 Å². The van der Waals surface area contributed by atoms with E-state index in [4.69, 9.17) is 5.84 Å². The van der Waals surface area contributed by atoms with Gasteiger partial charge in [-0.3, -0.25) is 5.43 Å². The summed E-state index contributed by atoms with van der Waals surface area (Å²) in [7, 11) is 0. The summed E-state index contributed by atoms with van der Waals surface area (Å²) >= 11 is 0. The van der Waals surface area contributed by atoms with E-state index >= 15 is 0 Å². The summed E-state index contributed by atoms with van der Waals surface area (Å²) in [6.45, 7) is 3.92. The van der Waals surface area contributed by atoms with Gasteiger partial charge in [0.25, 0.3) is 0 Å². The molecule has 14 heavy (non-hydrogen) atoms. The topological polar surface area (TPSA) is 67.2 Å². The fourth-order valence-corrected chi connectivity index (χ4v) is 1.39. The third-order valence-electron chi connectivity index (χ3n) is 2.13. The van der Waals surface area contributed by atoms with Gasteiger partial charge in [0, 0.05) is 0 Å². The molecule has 1 aromatic rings. The standard InChI is InChI=1S/C10H15N3O/c1-7-5-3-4-6-9(7)8(2)12-10(14)13-11/h3-6,8H,11H2,1-2H3,(H2,12,13,14). The average Bonchev–Trinajstić information content (AvgIpc) is 2.18. The molecular weight excluding hydrogens is 178 g/mol. The minimum atomic E-state index is -0.374. The van der Waals surface area contributed by atoms with Crippen LogP contribution in [0.5, 0.6) is 0 Å². The number of nitrogens with one attached hydrogen (secondary N) is 2. The molecule has 1 atom stereocenters. The van der Waals surface area contributed by atoms with Gasteiger partial charge >= 0.3 is 6.03 Å². The summed E-state index contributed by atoms with van der Waals surface area (Å²) in [6.07, 6.45) is 0. The predicted molar refractivity (Wildman–Crippen MR) is 55.4 cm³/mol. The molecule has 1 unspecified atom stereocenters. The van der Waals surface area contributed by atoms with E-state index < -0.39 is 0 Å². The van der Waals surface area contributed by atoms with E-state index in [1.165, 1.54) is 0 Å². The number of benzene rings is 1. The monoisotopic (exact) mass is 193 g/mol. The maximum absolute atomic E-state index is 11.0. The van der Waals surface area contributed by atoms with E-state index in [-0.39, 0.29) is 12.1 Å². The summed E-state index contributed by atoms with van der Waals surface area (Å²) in [4.78, 5) is 11.0. The molecule has 4 heteroatoms. The second-order valence-corrected chi connectivity index (χ2v) is 3.20. The van der Waals surface area contributed by atoms with Gasteiger partial charge in [0.15, 0.2) is 0 Å². The van der Waals surface area contributed by atoms with Gasteiger partial charge in [0.1, 0.15) is 0 Å². The van der Waals surface area contributed by atoms with Gasteiger partial charge in [-0.2, -0.15) is 0 Å². The molecule has 0 aromatic heterocycles. The molecule has 0 heterocycles. The van der Waals surface area contributed by atoms with Crippen LogP contribution in [0.3, 0.4) is 0 Å². The minimum Gasteiger partial charge on any atom is -0.331 e. The largest absolute Gasteiger partial charge is 0.331 e. The highest BCUT2D eigenvalue weighted by Gasteiger charge is 2.09. The molecule has 0 aliphatic rings. The molecular formula is C10H15N3O. The molecule has 0 aliphatic carbocycles. The highest BCUT2D eigenvalue weighted by atomic mass is 16.2. The minimum absolute atomic E-state index is 0.0419. The number of carbonyl (C=O) groups excluding carboxylic acids is 1. The molecule has 0 aliphatic heterocycles. The van der Waals surface area contributed by atoms with Crippen LogP contribution in [0.2, 0.25) is 0 Å². The summed E-state index contributed by atoms with van der Waals surface area (Å²) in [5.74, 6) is 4.97. The van der Waals surface area contributed by atoms with E-state index in [9.17, 15) is 4.79 Å². The number of amides is 2. The van der Waals surface area contributed by atoms with Crippen LogP contribution in [0.25, 0.3) is 0 Å². The Balaban J connectivity index is 2.74. The van der Waals surface area contributed by atoms with Gasteiger partial charge < -0.3 is 5.32 Å². The molecule has 0 radical (unpaired) electrons. The number of nitrogens with two attached hydrogens (primary N) is 1. The Morgan fingerprint density at radius 1 is 1.43 bits per heavy atom. The Labute approximate surface area is 83.5 Å². The molecule has 76 valence electrons. The Morgan fingerprint density at radius 2 is 2.07 bits per heavy atom. The van der Waals surface area contributed by atoms with Crippen LogP contribution >= 0.6 is 0 Å². The van der Waals surface area contributed by atoms with Crippen molar-refractivity contribution in [3.05, 3.63) is 35.4 Å². The first-order chi connectivity index (χ1) is 6.65. The van der Waals surface area contributed by atoms with E-state index in [0.717, 1.165) is 11.1 Å². The Morgan fingerprint density at radius 3 is 2.64 bits per heavy atom. The lowest BCUT2D eigenvalue weighted by Gasteiger charge is -2.15. The van der Waals surface area contributed by atoms with E-state index in [1.807, 2.05) is 43.5 Å². The molecule has 0 bridgehead atoms. The van der Waals surface area contributed by atoms with Crippen molar-refractivity contribution in [1.29, 1.82) is 0 Å². The zero-order chi connectivity index (χ0) is 10.6. The lowest BCUT2D eigenvalue weighted by Crippen LogP contribution is -2.41. The molecule has 0 saturated heterocycles. The van der Waals surface area contributed by atoms with E-state index in [2.05, 4.69) is 5.32 Å². The first-order valence-electron chi connectivity index (χ1n) is 4.47. The van der Waals surface area contributed by atoms with Crippen LogP contribution in [0, 0.1) is 6.92 Å². The third-order valence-corrected chi connectivity index (χ3v) is 2.13. The van der Waals surface area contributed by atoms with Crippen molar-refractivity contribution < 1.29 is 4.79 Å². The molecule has 4 nitrogen and oxygen atoms in total. The third kappa shape index (κ3) is 2.47. The SMILES string of the molecule is Cc1ccccc1C(C)NC(=O)NN. The van der Waals surface area contributed by atoms with Crippen LogP contribution in [0.1, 0.15) is 24.1 Å². The highest BCUT2D eigenvalue weighted by Crippen LogP contribution is 2.15. The molecule has 2 amide bonds. The van der Waals surface area contributed by atoms with E-state index in [0.29, 0.717) is 0 Å². The van der Waals surface area contributed by atoms with Crippen LogP contribution < -0.4 is 16.6 Å². The summed E-state index contributed by atoms with van der Waals surface area (Å²) in [5.41, 5.74) is 4.28. The van der Waals surface area contributed by atoms with Crippen LogP contribution in [-0.4, -0.2) is 6.03 Å². The van der Waals surface area contributed by atoms with Crippen molar-refractivity contribution in [3.63, 3.8) is 0 Å². The predicted octanol–water partition coefficient (Wildman–Crippen LogP) is 1.23. The van der Waals surface area contributed by atoms with Gasteiger partial charge in [-0.05, 0) is 25.0 Å². The number of rotatable bonds is 2. The molecule has 4 N–H and O–H groups in total. The van der Waals surface area contributed by atoms with Crippen molar-refractivity contribution in [1.82, 2.24) is 10.7 Å². The van der Waals surface area contributed by atoms with Crippen molar-refractivity contribution in [2.75, 3.05) is 0 Å². The summed E-state index contributed by atoms with van der Waals surface area (Å²) in [6, 6.07) is 7.49. The second-order valence-electron chi connectivity index (χ2n) is 3.20. The zero-order valence-electron chi connectivity index (χ0n) is 8.37. The van der Waals surface area contributed by atoms with Crippen LogP contribution in [0.4, 0.5) is 4.79 Å². The highest BCUT2D eigenvalue weighted by molar-refractivity contribution is 5.73. The maximum Gasteiger partial charge on any atom is 0.329 e. The average molecular weight is 193 g/mol. The molecule has 1 aromatic carbocycles. The fourth-order valence-electron chi connectivity index (χ4n) is 1.39. The first-order valence-corrected chi connectivity index (χ1v) is 4.47. The normalized spacial score (nSPS) is 11.9. The molecule has 0 spiro atoms. The van der Waals surface area contributed by atoms with E-state index in [1.54, 1.807) is 0 Å². The number of aryl methyl sites for hydroxylation is 1. The van der Waals surface area contributed by atoms with Gasteiger partial charge in [0.2, 0.25) is 0 Å². The second kappa shape index (κ2) is 4.62. The van der Waals surface area contributed by atoms with Gasteiger partial charge in [0.05, 0.1) is 6.04 Å². The van der Waals surface area contributed by atoms with Crippen molar-refractivity contribution >= 4 is 6.03 Å². The lowest BCUT2D eigenvalue weighted by molar-refractivity contribution is 0.238. The van der Waals surface area contributed by atoms with Gasteiger partial charge in [-0.1, -0.05) is 24.3 Å². The van der Waals surface area contributed by atoms with Gasteiger partial charge in [-0.25, -0.2) is 10.6 Å². The van der Waals surface area contributed by atoms with Crippen molar-refractivity contribution in [3.8, 4) is 0 Å². The molecule has 0 saturated carbocycles. The Kier molecular flexibility index (Phi) is 3.48. The summed E-state index contributed by atoms with van der Waals surface area (Å²) < 4.78 is 0. The Hall–Kier alpha value is -1.55. The molecule has 1 rings (SSSR count). The van der Waals surface area contributed by atoms with Gasteiger partial charge in [-0.15, -0.1) is 0 Å². The Bertz CT molecular complexity index is 325. The quantitative estimate of drug-likeness (QED) is 0.375. The number of carbonyl (C=O) groups is 1. The fraction of sp³-hybridized carbons (Fsp3) is 0.300. The maximum atomic E-state index is 11.0. The number of hydrazine groups is 1. The number of hydrogen-bond acceptors (Lipinski definition) is 2. The number of hydrogen-bond donors (Lipinski definition) is 3. The van der Waals surface area contributed by atoms with Crippen LogP contribution in [0.15, 0.2) is 24.3 Å². The zero-order valence-corrected chi connectivity index (χ0v) is 8.37. The summed E-state index contributed by atoms with van der Waals surface area (Å²) in [5, 5.41) is 2.71. The lowest BCUT2D eigenvalue weighted by atomic mass is 10.0. The smallest absolute Gasteiger partial charge is 0.329 e. The van der Waals surface area contributed by atoms with Crippen LogP contribution in [-0.2, 0) is 0 Å².